The van der Waals surface area contributed by atoms with Crippen molar-refractivity contribution < 1.29 is 0 Å². The predicted molar refractivity (Wildman–Crippen MR) is 101 cm³/mol. The maximum Gasteiger partial charge on any atom is 0.148 e. The summed E-state index contributed by atoms with van der Waals surface area (Å²) < 4.78 is 0. The maximum atomic E-state index is 6.14. The second-order valence-electron chi connectivity index (χ2n) is 5.72. The molecule has 1 heterocycles. The van der Waals surface area contributed by atoms with Gasteiger partial charge >= 0.3 is 0 Å². The Bertz CT molecular complexity index is 462. The van der Waals surface area contributed by atoms with Crippen molar-refractivity contribution in [2.75, 3.05) is 5.75 Å². The van der Waals surface area contributed by atoms with E-state index in [1.807, 2.05) is 6.07 Å². The molecule has 1 unspecified atom stereocenters. The van der Waals surface area contributed by atoms with Gasteiger partial charge < -0.3 is 0 Å². The van der Waals surface area contributed by atoms with Gasteiger partial charge in [-0.3, -0.25) is 0 Å². The van der Waals surface area contributed by atoms with E-state index in [4.69, 9.17) is 23.2 Å². The van der Waals surface area contributed by atoms with Crippen molar-refractivity contribution in [2.24, 2.45) is 5.92 Å². The molecule has 0 aromatic carbocycles. The molecule has 124 valence electrons. The van der Waals surface area contributed by atoms with Gasteiger partial charge in [-0.2, -0.15) is 0 Å². The molecule has 0 fully saturated rings. The van der Waals surface area contributed by atoms with Crippen molar-refractivity contribution in [1.82, 2.24) is 4.98 Å². The number of nitrogens with zero attached hydrogens (tertiary/aromatic N) is 1. The molecule has 0 saturated heterocycles. The zero-order valence-electron chi connectivity index (χ0n) is 13.7. The summed E-state index contributed by atoms with van der Waals surface area (Å²) in [5.74, 6) is 1.85. The van der Waals surface area contributed by atoms with E-state index in [9.17, 15) is 0 Å². The number of thioether (sulfide) groups is 1. The van der Waals surface area contributed by atoms with Gasteiger partial charge in [0.15, 0.2) is 0 Å². The second-order valence-corrected chi connectivity index (χ2v) is 7.59. The van der Waals surface area contributed by atoms with Crippen LogP contribution in [0, 0.1) is 5.92 Å². The third-order valence-corrected chi connectivity index (χ3v) is 5.91. The normalized spacial score (nSPS) is 12.4. The van der Waals surface area contributed by atoms with E-state index in [0.29, 0.717) is 10.2 Å². The van der Waals surface area contributed by atoms with Gasteiger partial charge in [0.05, 0.1) is 5.02 Å². The van der Waals surface area contributed by atoms with Crippen LogP contribution in [0.1, 0.15) is 58.8 Å². The Hall–Kier alpha value is -0.180. The molecule has 0 radical (unpaired) electrons. The second kappa shape index (κ2) is 11.4. The summed E-state index contributed by atoms with van der Waals surface area (Å²) in [6.45, 7) is 8.79. The van der Waals surface area contributed by atoms with E-state index in [1.54, 1.807) is 18.0 Å². The van der Waals surface area contributed by atoms with Gasteiger partial charge in [-0.15, -0.1) is 11.8 Å². The van der Waals surface area contributed by atoms with Crippen LogP contribution < -0.4 is 0 Å². The van der Waals surface area contributed by atoms with Crippen LogP contribution in [0.5, 0.6) is 0 Å². The minimum atomic E-state index is 0.382. The molecule has 0 saturated carbocycles. The Morgan fingerprint density at radius 3 is 2.73 bits per heavy atom. The molecule has 0 aliphatic carbocycles. The first-order valence-corrected chi connectivity index (χ1v) is 9.92. The quantitative estimate of drug-likeness (QED) is 0.231. The van der Waals surface area contributed by atoms with Crippen molar-refractivity contribution in [2.45, 2.75) is 63.7 Å². The zero-order chi connectivity index (χ0) is 16.4. The van der Waals surface area contributed by atoms with Crippen LogP contribution in [0.25, 0.3) is 0 Å². The number of unbranched alkanes of at least 4 members (excludes halogenated alkanes) is 1. The molecule has 1 nitrogen and oxygen atoms in total. The van der Waals surface area contributed by atoms with E-state index in [-0.39, 0.29) is 0 Å². The third-order valence-electron chi connectivity index (χ3n) is 3.97. The first-order chi connectivity index (χ1) is 10.6. The monoisotopic (exact) mass is 359 g/mol. The summed E-state index contributed by atoms with van der Waals surface area (Å²) in [4.78, 5) is 4.97. The van der Waals surface area contributed by atoms with Crippen molar-refractivity contribution in [3.05, 3.63) is 34.6 Å². The average molecular weight is 360 g/mol. The highest BCUT2D eigenvalue weighted by Crippen LogP contribution is 2.32. The molecule has 0 N–H and O–H groups in total. The van der Waals surface area contributed by atoms with Gasteiger partial charge in [0.25, 0.3) is 0 Å². The highest BCUT2D eigenvalue weighted by atomic mass is 35.5. The Labute approximate surface area is 149 Å². The lowest BCUT2D eigenvalue weighted by molar-refractivity contribution is 0.420. The lowest BCUT2D eigenvalue weighted by Gasteiger charge is -2.15. The molecule has 1 rings (SSSR count). The van der Waals surface area contributed by atoms with Crippen molar-refractivity contribution in [3.8, 4) is 0 Å². The first-order valence-electron chi connectivity index (χ1n) is 8.17. The van der Waals surface area contributed by atoms with E-state index < -0.39 is 0 Å². The summed E-state index contributed by atoms with van der Waals surface area (Å²) in [7, 11) is 0. The van der Waals surface area contributed by atoms with Gasteiger partial charge in [0.2, 0.25) is 0 Å². The topological polar surface area (TPSA) is 12.9 Å². The largest absolute Gasteiger partial charge is 0.243 e. The number of rotatable bonds is 11. The molecule has 1 aromatic heterocycles. The molecule has 1 atom stereocenters. The highest BCUT2D eigenvalue weighted by molar-refractivity contribution is 7.99. The lowest BCUT2D eigenvalue weighted by Crippen LogP contribution is -2.00. The number of hydrogen-bond acceptors (Lipinski definition) is 2. The molecule has 0 amide bonds. The third kappa shape index (κ3) is 7.39. The molecule has 4 heteroatoms. The van der Waals surface area contributed by atoms with Crippen LogP contribution in [0.3, 0.4) is 0 Å². The smallest absolute Gasteiger partial charge is 0.148 e. The van der Waals surface area contributed by atoms with Gasteiger partial charge in [-0.25, -0.2) is 4.98 Å². The van der Waals surface area contributed by atoms with Crippen LogP contribution >= 0.6 is 35.0 Å². The average Bonchev–Trinajstić information content (AvgIpc) is 2.51. The fraction of sp³-hybridized carbons (Fsp3) is 0.611. The number of allylic oxidation sites excluding steroid dienone is 1. The minimum Gasteiger partial charge on any atom is -0.243 e. The van der Waals surface area contributed by atoms with Crippen LogP contribution in [0.2, 0.25) is 10.2 Å². The van der Waals surface area contributed by atoms with E-state index in [2.05, 4.69) is 25.4 Å². The number of hydrogen-bond donors (Lipinski definition) is 0. The van der Waals surface area contributed by atoms with Crippen molar-refractivity contribution in [3.63, 3.8) is 0 Å². The Morgan fingerprint density at radius 2 is 2.05 bits per heavy atom. The van der Waals surface area contributed by atoms with Crippen LogP contribution in [0.4, 0.5) is 0 Å². The SMILES string of the molecule is C=C(CCSc1ccnc(Cl)c1Cl)CCC(CC)CCCC. The van der Waals surface area contributed by atoms with E-state index in [1.165, 1.54) is 37.7 Å². The molecular formula is C18H27Cl2NS. The summed E-state index contributed by atoms with van der Waals surface area (Å²) in [5.41, 5.74) is 1.35. The Morgan fingerprint density at radius 1 is 1.27 bits per heavy atom. The predicted octanol–water partition coefficient (Wildman–Crippen LogP) is 7.42. The van der Waals surface area contributed by atoms with Crippen LogP contribution in [-0.4, -0.2) is 10.7 Å². The summed E-state index contributed by atoms with van der Waals surface area (Å²) in [6.07, 6.45) is 10.4. The van der Waals surface area contributed by atoms with Gasteiger partial charge in [-0.05, 0) is 31.2 Å². The minimum absolute atomic E-state index is 0.382. The van der Waals surface area contributed by atoms with Gasteiger partial charge in [0, 0.05) is 16.8 Å². The zero-order valence-corrected chi connectivity index (χ0v) is 16.0. The molecular weight excluding hydrogens is 333 g/mol. The first kappa shape index (κ1) is 19.9. The molecule has 0 aliphatic heterocycles. The Kier molecular flexibility index (Phi) is 10.3. The number of aromatic nitrogens is 1. The van der Waals surface area contributed by atoms with Crippen molar-refractivity contribution in [1.29, 1.82) is 0 Å². The standard InChI is InChI=1S/C18H27Cl2NS/c1-4-6-7-15(5-2)9-8-14(3)11-13-22-16-10-12-21-18(20)17(16)19/h10,12,15H,3-9,11,13H2,1-2H3. The highest BCUT2D eigenvalue weighted by Gasteiger charge is 2.08. The fourth-order valence-corrected chi connectivity index (χ4v) is 3.88. The van der Waals surface area contributed by atoms with Crippen LogP contribution in [-0.2, 0) is 0 Å². The van der Waals surface area contributed by atoms with Gasteiger partial charge in [0.1, 0.15) is 5.15 Å². The maximum absolute atomic E-state index is 6.14. The van der Waals surface area contributed by atoms with E-state index in [0.717, 1.165) is 29.4 Å². The van der Waals surface area contributed by atoms with Crippen LogP contribution in [0.15, 0.2) is 29.3 Å². The number of pyridine rings is 1. The summed E-state index contributed by atoms with van der Waals surface area (Å²) >= 11 is 13.8. The van der Waals surface area contributed by atoms with Gasteiger partial charge in [-0.1, -0.05) is 74.9 Å². The summed E-state index contributed by atoms with van der Waals surface area (Å²) in [6, 6.07) is 1.92. The molecule has 0 spiro atoms. The molecule has 0 aliphatic rings. The van der Waals surface area contributed by atoms with Crippen molar-refractivity contribution >= 4 is 35.0 Å². The fourth-order valence-electron chi connectivity index (χ4n) is 2.40. The number of halogens is 2. The lowest BCUT2D eigenvalue weighted by atomic mass is 9.92. The van der Waals surface area contributed by atoms with E-state index >= 15 is 0 Å². The summed E-state index contributed by atoms with van der Waals surface area (Å²) in [5, 5.41) is 0.942. The molecule has 0 bridgehead atoms. The molecule has 1 aromatic rings. The molecule has 22 heavy (non-hydrogen) atoms. The Balaban J connectivity index is 2.27.